The molecule has 14 heteroatoms. The minimum Gasteiger partial charge on any atom is -0.484 e. The van der Waals surface area contributed by atoms with E-state index < -0.39 is 0 Å². The molecular formula is C35H40Cl2N8O4. The zero-order valence-corrected chi connectivity index (χ0v) is 29.5. The first-order valence-electron chi connectivity index (χ1n) is 15.8. The van der Waals surface area contributed by atoms with Crippen molar-refractivity contribution in [2.24, 2.45) is 0 Å². The van der Waals surface area contributed by atoms with Gasteiger partial charge in [0.05, 0.1) is 40.1 Å². The van der Waals surface area contributed by atoms with Gasteiger partial charge in [0.25, 0.3) is 6.47 Å². The Kier molecular flexibility index (Phi) is 11.1. The molecule has 3 N–H and O–H groups in total. The minimum absolute atomic E-state index is 0.143. The summed E-state index contributed by atoms with van der Waals surface area (Å²) in [5.41, 5.74) is 4.10. The summed E-state index contributed by atoms with van der Waals surface area (Å²) in [6.45, 7) is 7.57. The SMILES string of the molecule is CN(C)CCn1nc(C(C)(C)C)cc1NC(=O)N[C@H]1CC[C@@H](Oc2ccc3nnc(-c4c(Cl)cccc4Cl)n3c2)c2ccccc21.O=CO. The van der Waals surface area contributed by atoms with E-state index in [4.69, 9.17) is 42.9 Å². The van der Waals surface area contributed by atoms with E-state index in [1.165, 1.54) is 0 Å². The highest BCUT2D eigenvalue weighted by atomic mass is 35.5. The molecule has 49 heavy (non-hydrogen) atoms. The molecule has 0 bridgehead atoms. The Morgan fingerprint density at radius 3 is 2.41 bits per heavy atom. The Bertz CT molecular complexity index is 1910. The average molecular weight is 708 g/mol. The number of carbonyl (C=O) groups is 2. The number of ether oxygens (including phenoxy) is 1. The number of hydrogen-bond donors (Lipinski definition) is 3. The molecule has 0 saturated heterocycles. The molecule has 5 aromatic rings. The summed E-state index contributed by atoms with van der Waals surface area (Å²) in [6, 6.07) is 18.7. The van der Waals surface area contributed by atoms with E-state index in [9.17, 15) is 4.79 Å². The van der Waals surface area contributed by atoms with Crippen molar-refractivity contribution in [3.05, 3.63) is 93.7 Å². The minimum atomic E-state index is -0.269. The smallest absolute Gasteiger partial charge is 0.320 e. The molecular weight excluding hydrogens is 667 g/mol. The van der Waals surface area contributed by atoms with E-state index in [2.05, 4.69) is 58.6 Å². The monoisotopic (exact) mass is 706 g/mol. The van der Waals surface area contributed by atoms with Gasteiger partial charge >= 0.3 is 6.03 Å². The zero-order chi connectivity index (χ0) is 35.3. The van der Waals surface area contributed by atoms with E-state index >= 15 is 0 Å². The summed E-state index contributed by atoms with van der Waals surface area (Å²) in [7, 11) is 4.04. The maximum Gasteiger partial charge on any atom is 0.320 e. The van der Waals surface area contributed by atoms with Crippen LogP contribution in [-0.4, -0.2) is 67.5 Å². The Hall–Kier alpha value is -4.65. The predicted octanol–water partition coefficient (Wildman–Crippen LogP) is 7.24. The summed E-state index contributed by atoms with van der Waals surface area (Å²) in [5, 5.41) is 27.6. The standard InChI is InChI=1S/C34H38Cl2N8O2.CH2O2/c1-34(2,3)28-19-30(44(41-28)18-17-42(4)5)38-33(45)37-26-14-15-27(23-10-7-6-9-22(23)26)46-21-13-16-29-39-40-32(43(29)20-21)31-24(35)11-8-12-25(31)36;2-1-3/h6-13,16,19-20,26-27H,14-15,17-18H2,1-5H3,(H2,37,38,45);1H,(H,2,3)/t26-,27+;/m0./s1. The number of halogens is 2. The quantitative estimate of drug-likeness (QED) is 0.144. The van der Waals surface area contributed by atoms with Crippen molar-refractivity contribution in [1.82, 2.24) is 34.6 Å². The number of anilines is 1. The maximum atomic E-state index is 13.4. The summed E-state index contributed by atoms with van der Waals surface area (Å²) in [4.78, 5) is 23.8. The van der Waals surface area contributed by atoms with Gasteiger partial charge in [-0.2, -0.15) is 5.10 Å². The third kappa shape index (κ3) is 8.33. The van der Waals surface area contributed by atoms with Gasteiger partial charge in [0.15, 0.2) is 11.5 Å². The second-order valence-electron chi connectivity index (χ2n) is 13.0. The van der Waals surface area contributed by atoms with Crippen LogP contribution in [-0.2, 0) is 16.8 Å². The van der Waals surface area contributed by atoms with Crippen LogP contribution in [0.25, 0.3) is 17.0 Å². The predicted molar refractivity (Wildman–Crippen MR) is 191 cm³/mol. The second-order valence-corrected chi connectivity index (χ2v) is 13.8. The molecule has 0 spiro atoms. The second kappa shape index (κ2) is 15.3. The fourth-order valence-electron chi connectivity index (χ4n) is 5.67. The largest absolute Gasteiger partial charge is 0.484 e. The number of carboxylic acid groups (broad SMARTS) is 1. The summed E-state index contributed by atoms with van der Waals surface area (Å²) in [5.74, 6) is 1.87. The molecule has 3 heterocycles. The number of fused-ring (bicyclic) bond motifs is 2. The number of aromatic nitrogens is 5. The lowest BCUT2D eigenvalue weighted by Gasteiger charge is -2.32. The highest BCUT2D eigenvalue weighted by Crippen LogP contribution is 2.39. The molecule has 2 amide bonds. The number of benzene rings is 2. The van der Waals surface area contributed by atoms with Crippen LogP contribution < -0.4 is 15.4 Å². The average Bonchev–Trinajstić information content (AvgIpc) is 3.65. The first-order chi connectivity index (χ1) is 23.4. The van der Waals surface area contributed by atoms with Crippen LogP contribution in [0.2, 0.25) is 10.0 Å². The van der Waals surface area contributed by atoms with Gasteiger partial charge in [-0.25, -0.2) is 9.48 Å². The molecule has 0 radical (unpaired) electrons. The summed E-state index contributed by atoms with van der Waals surface area (Å²) < 4.78 is 10.3. The van der Waals surface area contributed by atoms with Crippen molar-refractivity contribution < 1.29 is 19.4 Å². The van der Waals surface area contributed by atoms with Gasteiger partial charge < -0.3 is 20.1 Å². The highest BCUT2D eigenvalue weighted by Gasteiger charge is 2.30. The lowest BCUT2D eigenvalue weighted by Crippen LogP contribution is -2.36. The van der Waals surface area contributed by atoms with E-state index in [0.29, 0.717) is 58.0 Å². The molecule has 6 rings (SSSR count). The Balaban J connectivity index is 0.00000151. The number of amides is 2. The third-order valence-corrected chi connectivity index (χ3v) is 8.76. The van der Waals surface area contributed by atoms with Gasteiger partial charge in [-0.1, -0.05) is 74.3 Å². The number of carbonyl (C=O) groups excluding carboxylic acids is 1. The molecule has 0 unspecified atom stereocenters. The molecule has 2 atom stereocenters. The van der Waals surface area contributed by atoms with Gasteiger partial charge in [0.2, 0.25) is 0 Å². The van der Waals surface area contributed by atoms with Crippen molar-refractivity contribution in [3.8, 4) is 17.1 Å². The molecule has 0 saturated carbocycles. The van der Waals surface area contributed by atoms with Crippen LogP contribution >= 0.6 is 23.2 Å². The number of rotatable bonds is 8. The van der Waals surface area contributed by atoms with Gasteiger partial charge in [-0.15, -0.1) is 10.2 Å². The number of nitrogens with zero attached hydrogens (tertiary/aromatic N) is 6. The van der Waals surface area contributed by atoms with Crippen molar-refractivity contribution in [3.63, 3.8) is 0 Å². The number of nitrogens with one attached hydrogen (secondary N) is 2. The molecule has 1 aliphatic rings. The van der Waals surface area contributed by atoms with E-state index in [1.807, 2.05) is 59.7 Å². The van der Waals surface area contributed by atoms with Crippen molar-refractivity contribution in [1.29, 1.82) is 0 Å². The Morgan fingerprint density at radius 1 is 1.04 bits per heavy atom. The van der Waals surface area contributed by atoms with Crippen molar-refractivity contribution >= 4 is 47.2 Å². The third-order valence-electron chi connectivity index (χ3n) is 8.13. The Morgan fingerprint density at radius 2 is 1.73 bits per heavy atom. The fourth-order valence-corrected chi connectivity index (χ4v) is 6.24. The van der Waals surface area contributed by atoms with Crippen LogP contribution in [0.1, 0.15) is 62.6 Å². The molecule has 0 aliphatic heterocycles. The lowest BCUT2D eigenvalue weighted by molar-refractivity contribution is -0.122. The molecule has 0 fully saturated rings. The highest BCUT2D eigenvalue weighted by molar-refractivity contribution is 6.39. The van der Waals surface area contributed by atoms with Gasteiger partial charge in [-0.3, -0.25) is 14.5 Å². The van der Waals surface area contributed by atoms with Crippen LogP contribution in [0.3, 0.4) is 0 Å². The number of pyridine rings is 1. The molecule has 2 aromatic carbocycles. The van der Waals surface area contributed by atoms with Gasteiger partial charge in [0.1, 0.15) is 17.7 Å². The van der Waals surface area contributed by atoms with Gasteiger partial charge in [0, 0.05) is 18.0 Å². The zero-order valence-electron chi connectivity index (χ0n) is 28.0. The summed E-state index contributed by atoms with van der Waals surface area (Å²) >= 11 is 13.0. The summed E-state index contributed by atoms with van der Waals surface area (Å²) in [6.07, 6.45) is 3.06. The lowest BCUT2D eigenvalue weighted by atomic mass is 9.85. The molecule has 258 valence electrons. The molecule has 3 aromatic heterocycles. The van der Waals surface area contributed by atoms with Crippen LogP contribution in [0.15, 0.2) is 66.9 Å². The topological polar surface area (TPSA) is 139 Å². The number of urea groups is 1. The van der Waals surface area contributed by atoms with Crippen molar-refractivity contribution in [2.75, 3.05) is 26.0 Å². The van der Waals surface area contributed by atoms with Crippen LogP contribution in [0, 0.1) is 0 Å². The van der Waals surface area contributed by atoms with Crippen LogP contribution in [0.4, 0.5) is 10.6 Å². The molecule has 12 nitrogen and oxygen atoms in total. The first kappa shape index (κ1) is 35.7. The number of hydrogen-bond acceptors (Lipinski definition) is 7. The number of likely N-dealkylation sites (N-methyl/N-ethyl adjacent to an activating group) is 1. The molecule has 1 aliphatic carbocycles. The van der Waals surface area contributed by atoms with E-state index in [-0.39, 0.29) is 30.1 Å². The maximum absolute atomic E-state index is 13.4. The normalized spacial score (nSPS) is 15.7. The van der Waals surface area contributed by atoms with E-state index in [1.54, 1.807) is 18.2 Å². The first-order valence-corrected chi connectivity index (χ1v) is 16.6. The van der Waals surface area contributed by atoms with E-state index in [0.717, 1.165) is 23.4 Å². The van der Waals surface area contributed by atoms with Crippen molar-refractivity contribution in [2.45, 2.75) is 57.7 Å². The Labute approximate surface area is 295 Å². The van der Waals surface area contributed by atoms with Crippen LogP contribution in [0.5, 0.6) is 5.75 Å². The fraction of sp³-hybridized carbons (Fsp3) is 0.343. The van der Waals surface area contributed by atoms with Gasteiger partial charge in [-0.05, 0) is 62.3 Å².